The smallest absolute Gasteiger partial charge is 0.220 e. The van der Waals surface area contributed by atoms with Crippen LogP contribution >= 0.6 is 0 Å². The molecule has 0 fully saturated rings. The van der Waals surface area contributed by atoms with Gasteiger partial charge < -0.3 is 15.5 Å². The molecule has 0 bridgehead atoms. The van der Waals surface area contributed by atoms with Gasteiger partial charge in [0, 0.05) is 6.42 Å². The summed E-state index contributed by atoms with van der Waals surface area (Å²) in [5, 5.41) is 23.0. The summed E-state index contributed by atoms with van der Waals surface area (Å²) in [5.74, 6) is -0.0647. The van der Waals surface area contributed by atoms with Gasteiger partial charge in [-0.15, -0.1) is 0 Å². The third kappa shape index (κ3) is 43.3. The van der Waals surface area contributed by atoms with Crippen molar-refractivity contribution in [3.8, 4) is 0 Å². The number of hydrogen-bond donors (Lipinski definition) is 3. The monoisotopic (exact) mass is 770 g/mol. The van der Waals surface area contributed by atoms with Gasteiger partial charge in [-0.05, 0) is 57.8 Å². The fraction of sp³-hybridized carbons (Fsp3) is 0.824. The molecule has 0 aliphatic rings. The average Bonchev–Trinajstić information content (AvgIpc) is 3.19. The van der Waals surface area contributed by atoms with Crippen LogP contribution < -0.4 is 5.32 Å². The standard InChI is InChI=1S/C51H95NO3/c1-3-5-7-9-11-13-15-17-19-20-21-22-23-24-25-26-27-28-29-30-31-32-33-35-37-39-41-43-45-47-51(55)52-49(48-53)50(54)46-44-42-40-38-36-34-18-16-14-12-10-8-6-4-2/h15,17,20-21,23-24,44,46,49-50,53-54H,3-14,16,18-19,22,25-43,45,47-48H2,1-2H3,(H,52,55)/b17-15-,21-20-,24-23-,46-44+. The molecular formula is C51H95NO3. The van der Waals surface area contributed by atoms with Gasteiger partial charge in [0.25, 0.3) is 0 Å². The Morgan fingerprint density at radius 3 is 1.11 bits per heavy atom. The van der Waals surface area contributed by atoms with Crippen molar-refractivity contribution in [2.75, 3.05) is 6.61 Å². The molecule has 0 rings (SSSR count). The Balaban J connectivity index is 3.51. The highest BCUT2D eigenvalue weighted by atomic mass is 16.3. The SMILES string of the molecule is CCCCCCC/C=C\C/C=C\C/C=C\CCCCCCCCCCCCCCCCC(=O)NC(CO)C(O)/C=C/CCCCCCCCCCCCCC. The molecule has 2 atom stereocenters. The summed E-state index contributed by atoms with van der Waals surface area (Å²) in [4.78, 5) is 12.4. The molecule has 3 N–H and O–H groups in total. The summed E-state index contributed by atoms with van der Waals surface area (Å²) in [6.07, 6.45) is 63.8. The van der Waals surface area contributed by atoms with E-state index in [1.165, 1.54) is 193 Å². The molecule has 0 radical (unpaired) electrons. The third-order valence-corrected chi connectivity index (χ3v) is 11.1. The van der Waals surface area contributed by atoms with Gasteiger partial charge in [0.2, 0.25) is 5.91 Å². The first-order valence-corrected chi connectivity index (χ1v) is 24.4. The molecule has 0 saturated heterocycles. The van der Waals surface area contributed by atoms with Crippen LogP contribution in [0.1, 0.15) is 251 Å². The Morgan fingerprint density at radius 2 is 0.745 bits per heavy atom. The van der Waals surface area contributed by atoms with Crippen molar-refractivity contribution in [1.29, 1.82) is 0 Å². The van der Waals surface area contributed by atoms with Crippen LogP contribution in [0.25, 0.3) is 0 Å². The lowest BCUT2D eigenvalue weighted by Crippen LogP contribution is -2.45. The van der Waals surface area contributed by atoms with E-state index in [1.54, 1.807) is 6.08 Å². The Morgan fingerprint density at radius 1 is 0.436 bits per heavy atom. The molecule has 2 unspecified atom stereocenters. The molecule has 0 saturated carbocycles. The number of aliphatic hydroxyl groups excluding tert-OH is 2. The molecule has 1 amide bonds. The van der Waals surface area contributed by atoms with Crippen molar-refractivity contribution < 1.29 is 15.0 Å². The number of amides is 1. The predicted octanol–water partition coefficient (Wildman–Crippen LogP) is 15.5. The van der Waals surface area contributed by atoms with E-state index in [2.05, 4.69) is 55.6 Å². The highest BCUT2D eigenvalue weighted by Crippen LogP contribution is 2.15. The molecule has 0 aliphatic carbocycles. The summed E-state index contributed by atoms with van der Waals surface area (Å²) in [6.45, 7) is 4.30. The van der Waals surface area contributed by atoms with Gasteiger partial charge in [0.15, 0.2) is 0 Å². The lowest BCUT2D eigenvalue weighted by atomic mass is 10.0. The van der Waals surface area contributed by atoms with Crippen LogP contribution in [0.15, 0.2) is 48.6 Å². The zero-order valence-corrected chi connectivity index (χ0v) is 36.9. The second-order valence-electron chi connectivity index (χ2n) is 16.5. The summed E-state index contributed by atoms with van der Waals surface area (Å²) in [7, 11) is 0. The van der Waals surface area contributed by atoms with Crippen LogP contribution in [-0.2, 0) is 4.79 Å². The normalized spacial score (nSPS) is 13.3. The maximum atomic E-state index is 12.4. The van der Waals surface area contributed by atoms with Crippen LogP contribution in [0.5, 0.6) is 0 Å². The molecule has 55 heavy (non-hydrogen) atoms. The van der Waals surface area contributed by atoms with E-state index in [0.717, 1.165) is 38.5 Å². The van der Waals surface area contributed by atoms with Gasteiger partial charge >= 0.3 is 0 Å². The minimum absolute atomic E-state index is 0.0647. The van der Waals surface area contributed by atoms with Crippen molar-refractivity contribution in [3.63, 3.8) is 0 Å². The molecule has 0 heterocycles. The summed E-state index contributed by atoms with van der Waals surface area (Å²) < 4.78 is 0. The van der Waals surface area contributed by atoms with Crippen molar-refractivity contribution >= 4 is 5.91 Å². The number of carbonyl (C=O) groups excluding carboxylic acids is 1. The van der Waals surface area contributed by atoms with Crippen LogP contribution in [0.2, 0.25) is 0 Å². The Kier molecular flexibility index (Phi) is 45.3. The Hall–Kier alpha value is -1.65. The predicted molar refractivity (Wildman–Crippen MR) is 244 cm³/mol. The quantitative estimate of drug-likeness (QED) is 0.0427. The second-order valence-corrected chi connectivity index (χ2v) is 16.5. The van der Waals surface area contributed by atoms with Crippen LogP contribution in [0.4, 0.5) is 0 Å². The van der Waals surface area contributed by atoms with Gasteiger partial charge in [-0.25, -0.2) is 0 Å². The fourth-order valence-corrected chi connectivity index (χ4v) is 7.30. The highest BCUT2D eigenvalue weighted by Gasteiger charge is 2.17. The molecule has 0 aliphatic heterocycles. The summed E-state index contributed by atoms with van der Waals surface area (Å²) in [5.41, 5.74) is 0. The molecule has 4 heteroatoms. The summed E-state index contributed by atoms with van der Waals surface area (Å²) >= 11 is 0. The number of carbonyl (C=O) groups is 1. The molecular weight excluding hydrogens is 675 g/mol. The van der Waals surface area contributed by atoms with Crippen LogP contribution in [0, 0.1) is 0 Å². The van der Waals surface area contributed by atoms with E-state index in [0.29, 0.717) is 6.42 Å². The zero-order chi connectivity index (χ0) is 40.0. The van der Waals surface area contributed by atoms with Gasteiger partial charge in [0.1, 0.15) is 0 Å². The van der Waals surface area contributed by atoms with Crippen molar-refractivity contribution in [2.45, 2.75) is 264 Å². The van der Waals surface area contributed by atoms with E-state index >= 15 is 0 Å². The largest absolute Gasteiger partial charge is 0.394 e. The molecule has 0 aromatic heterocycles. The van der Waals surface area contributed by atoms with E-state index < -0.39 is 12.1 Å². The Bertz CT molecular complexity index is 877. The fourth-order valence-electron chi connectivity index (χ4n) is 7.30. The van der Waals surface area contributed by atoms with E-state index in [9.17, 15) is 15.0 Å². The first-order chi connectivity index (χ1) is 27.2. The number of unbranched alkanes of at least 4 members (excludes halogenated alkanes) is 31. The number of allylic oxidation sites excluding steroid dienone is 7. The molecule has 322 valence electrons. The van der Waals surface area contributed by atoms with Crippen molar-refractivity contribution in [1.82, 2.24) is 5.32 Å². The minimum atomic E-state index is -0.839. The number of rotatable bonds is 44. The van der Waals surface area contributed by atoms with E-state index in [-0.39, 0.29) is 12.5 Å². The number of aliphatic hydroxyl groups is 2. The van der Waals surface area contributed by atoms with Crippen molar-refractivity contribution in [3.05, 3.63) is 48.6 Å². The van der Waals surface area contributed by atoms with Crippen molar-refractivity contribution in [2.24, 2.45) is 0 Å². The van der Waals surface area contributed by atoms with Gasteiger partial charge in [-0.1, -0.05) is 236 Å². The lowest BCUT2D eigenvalue weighted by Gasteiger charge is -2.20. The Labute approximate surface area is 344 Å². The zero-order valence-electron chi connectivity index (χ0n) is 36.9. The lowest BCUT2D eigenvalue weighted by molar-refractivity contribution is -0.123. The van der Waals surface area contributed by atoms with Gasteiger partial charge in [0.05, 0.1) is 18.8 Å². The highest BCUT2D eigenvalue weighted by molar-refractivity contribution is 5.76. The second kappa shape index (κ2) is 46.7. The third-order valence-electron chi connectivity index (χ3n) is 11.1. The first-order valence-electron chi connectivity index (χ1n) is 24.4. The topological polar surface area (TPSA) is 69.6 Å². The maximum absolute atomic E-state index is 12.4. The van der Waals surface area contributed by atoms with Crippen LogP contribution in [-0.4, -0.2) is 34.9 Å². The average molecular weight is 770 g/mol. The van der Waals surface area contributed by atoms with Crippen LogP contribution in [0.3, 0.4) is 0 Å². The van der Waals surface area contributed by atoms with E-state index in [4.69, 9.17) is 0 Å². The molecule has 0 aromatic carbocycles. The van der Waals surface area contributed by atoms with Gasteiger partial charge in [-0.3, -0.25) is 4.79 Å². The van der Waals surface area contributed by atoms with Gasteiger partial charge in [-0.2, -0.15) is 0 Å². The molecule has 0 spiro atoms. The number of hydrogen-bond acceptors (Lipinski definition) is 3. The maximum Gasteiger partial charge on any atom is 0.220 e. The van der Waals surface area contributed by atoms with E-state index in [1.807, 2.05) is 6.08 Å². The first kappa shape index (κ1) is 53.4. The number of nitrogens with one attached hydrogen (secondary N) is 1. The molecule has 0 aromatic rings. The molecule has 4 nitrogen and oxygen atoms in total. The minimum Gasteiger partial charge on any atom is -0.394 e. The summed E-state index contributed by atoms with van der Waals surface area (Å²) in [6, 6.07) is -0.622.